The first kappa shape index (κ1) is 13.9. The molecule has 0 radical (unpaired) electrons. The first-order valence-electron chi connectivity index (χ1n) is 5.22. The standard InChI is InChI=1S/C10H11F5N2OS/c11-19(12,13,14,15)8-3-1-7(2-4-8)10(5-6-10)9(16)17-18/h1-4,18H,5-6H2,(H2,16,17). The third-order valence-electron chi connectivity index (χ3n) is 3.20. The van der Waals surface area contributed by atoms with Gasteiger partial charge in [0.15, 0.2) is 0 Å². The van der Waals surface area contributed by atoms with Crippen molar-refractivity contribution in [1.82, 2.24) is 0 Å². The van der Waals surface area contributed by atoms with Gasteiger partial charge in [-0.05, 0) is 30.5 Å². The summed E-state index contributed by atoms with van der Waals surface area (Å²) in [4.78, 5) is -1.95. The van der Waals surface area contributed by atoms with Crippen molar-refractivity contribution in [3.05, 3.63) is 29.8 Å². The zero-order valence-electron chi connectivity index (χ0n) is 9.49. The van der Waals surface area contributed by atoms with Gasteiger partial charge in [0.2, 0.25) is 0 Å². The molecule has 0 atom stereocenters. The molecule has 0 spiro atoms. The van der Waals surface area contributed by atoms with Gasteiger partial charge in [0, 0.05) is 0 Å². The third kappa shape index (κ3) is 2.46. The van der Waals surface area contributed by atoms with Crippen LogP contribution in [0.5, 0.6) is 0 Å². The lowest BCUT2D eigenvalue weighted by atomic mass is 9.95. The average molecular weight is 302 g/mol. The summed E-state index contributed by atoms with van der Waals surface area (Å²) in [5.74, 6) is -0.132. The van der Waals surface area contributed by atoms with Gasteiger partial charge in [-0.15, -0.1) is 0 Å². The third-order valence-corrected chi connectivity index (χ3v) is 4.36. The molecule has 108 valence electrons. The van der Waals surface area contributed by atoms with Crippen molar-refractivity contribution >= 4 is 16.1 Å². The molecule has 1 fully saturated rings. The van der Waals surface area contributed by atoms with Crippen LogP contribution in [-0.4, -0.2) is 11.0 Å². The number of amidine groups is 1. The monoisotopic (exact) mass is 302 g/mol. The molecule has 0 aliphatic heterocycles. The molecule has 19 heavy (non-hydrogen) atoms. The van der Waals surface area contributed by atoms with E-state index in [4.69, 9.17) is 10.9 Å². The zero-order valence-corrected chi connectivity index (χ0v) is 10.3. The molecule has 1 aliphatic carbocycles. The van der Waals surface area contributed by atoms with Gasteiger partial charge in [-0.3, -0.25) is 0 Å². The normalized spacial score (nSPS) is 22.5. The van der Waals surface area contributed by atoms with E-state index in [9.17, 15) is 19.4 Å². The maximum absolute atomic E-state index is 12.5. The Kier molecular flexibility index (Phi) is 2.30. The van der Waals surface area contributed by atoms with Crippen LogP contribution in [0.15, 0.2) is 34.3 Å². The number of hydrogen-bond donors (Lipinski definition) is 2. The van der Waals surface area contributed by atoms with Crippen molar-refractivity contribution in [3.8, 4) is 0 Å². The topological polar surface area (TPSA) is 58.6 Å². The maximum atomic E-state index is 12.5. The van der Waals surface area contributed by atoms with E-state index in [0.717, 1.165) is 12.1 Å². The highest BCUT2D eigenvalue weighted by molar-refractivity contribution is 8.45. The minimum atomic E-state index is -9.65. The molecule has 1 aromatic carbocycles. The van der Waals surface area contributed by atoms with Crippen LogP contribution in [0.2, 0.25) is 0 Å². The van der Waals surface area contributed by atoms with E-state index in [1.54, 1.807) is 0 Å². The minimum Gasteiger partial charge on any atom is -0.409 e. The van der Waals surface area contributed by atoms with Crippen LogP contribution >= 0.6 is 10.2 Å². The largest absolute Gasteiger partial charge is 0.409 e. The van der Waals surface area contributed by atoms with Gasteiger partial charge in [0.25, 0.3) is 0 Å². The molecule has 0 amide bonds. The van der Waals surface area contributed by atoms with Crippen LogP contribution < -0.4 is 5.73 Å². The van der Waals surface area contributed by atoms with Crippen molar-refractivity contribution < 1.29 is 24.6 Å². The van der Waals surface area contributed by atoms with Crippen molar-refractivity contribution in [1.29, 1.82) is 0 Å². The van der Waals surface area contributed by atoms with Crippen LogP contribution in [0.1, 0.15) is 18.4 Å². The lowest BCUT2D eigenvalue weighted by Gasteiger charge is -2.40. The van der Waals surface area contributed by atoms with E-state index in [2.05, 4.69) is 5.16 Å². The summed E-state index contributed by atoms with van der Waals surface area (Å²) < 4.78 is 62.6. The highest BCUT2D eigenvalue weighted by Crippen LogP contribution is 3.02. The molecular formula is C10H11F5N2OS. The Morgan fingerprint density at radius 2 is 1.58 bits per heavy atom. The molecule has 1 saturated carbocycles. The SMILES string of the molecule is NC(=NO)C1(c2ccc(S(F)(F)(F)(F)F)cc2)CC1. The Hall–Kier alpha value is -1.51. The summed E-state index contributed by atoms with van der Waals surface area (Å²) >= 11 is 0. The summed E-state index contributed by atoms with van der Waals surface area (Å²) in [7, 11) is -9.65. The molecule has 0 unspecified atom stereocenters. The average Bonchev–Trinajstić information content (AvgIpc) is 3.06. The molecule has 2 rings (SSSR count). The van der Waals surface area contributed by atoms with Crippen molar-refractivity contribution in [2.45, 2.75) is 23.2 Å². The fourth-order valence-electron chi connectivity index (χ4n) is 1.94. The van der Waals surface area contributed by atoms with Crippen molar-refractivity contribution in [3.63, 3.8) is 0 Å². The molecule has 3 nitrogen and oxygen atoms in total. The molecule has 0 aromatic heterocycles. The second-order valence-corrected chi connectivity index (χ2v) is 6.97. The number of rotatable bonds is 3. The first-order chi connectivity index (χ1) is 8.39. The van der Waals surface area contributed by atoms with Crippen LogP contribution in [0.4, 0.5) is 19.4 Å². The van der Waals surface area contributed by atoms with Gasteiger partial charge in [0.1, 0.15) is 10.7 Å². The smallest absolute Gasteiger partial charge is 0.310 e. The molecular weight excluding hydrogens is 291 g/mol. The molecule has 1 aromatic rings. The summed E-state index contributed by atoms with van der Waals surface area (Å²) in [5.41, 5.74) is 4.96. The Balaban J connectivity index is 2.42. The maximum Gasteiger partial charge on any atom is 0.310 e. The second kappa shape index (κ2) is 3.14. The number of hydrogen-bond acceptors (Lipinski definition) is 2. The minimum absolute atomic E-state index is 0.132. The highest BCUT2D eigenvalue weighted by Gasteiger charge is 2.65. The Bertz CT molecular complexity index is 547. The lowest BCUT2D eigenvalue weighted by Crippen LogP contribution is -2.28. The Morgan fingerprint density at radius 3 is 1.89 bits per heavy atom. The molecule has 0 saturated heterocycles. The van der Waals surface area contributed by atoms with E-state index in [1.807, 2.05) is 0 Å². The van der Waals surface area contributed by atoms with Gasteiger partial charge in [-0.1, -0.05) is 36.7 Å². The van der Waals surface area contributed by atoms with Gasteiger partial charge in [0.05, 0.1) is 5.41 Å². The summed E-state index contributed by atoms with van der Waals surface area (Å²) in [6, 6.07) is 2.56. The van der Waals surface area contributed by atoms with Gasteiger partial charge >= 0.3 is 10.2 Å². The van der Waals surface area contributed by atoms with Gasteiger partial charge in [-0.2, -0.15) is 0 Å². The van der Waals surface area contributed by atoms with Crippen molar-refractivity contribution in [2.75, 3.05) is 0 Å². The Labute approximate surface area is 105 Å². The van der Waals surface area contributed by atoms with Crippen LogP contribution in [0.25, 0.3) is 0 Å². The summed E-state index contributed by atoms with van der Waals surface area (Å²) in [6.07, 6.45) is 0.997. The number of nitrogens with two attached hydrogens (primary N) is 1. The van der Waals surface area contributed by atoms with Crippen LogP contribution in [0.3, 0.4) is 0 Å². The molecule has 0 bridgehead atoms. The van der Waals surface area contributed by atoms with Crippen LogP contribution in [0, 0.1) is 0 Å². The Morgan fingerprint density at radius 1 is 1.11 bits per heavy atom. The fourth-order valence-corrected chi connectivity index (χ4v) is 2.59. The molecule has 9 heteroatoms. The summed E-state index contributed by atoms with van der Waals surface area (Å²) in [5, 5.41) is 11.4. The summed E-state index contributed by atoms with van der Waals surface area (Å²) in [6.45, 7) is 0. The highest BCUT2D eigenvalue weighted by atomic mass is 32.5. The number of halogens is 5. The number of benzene rings is 1. The van der Waals surface area contributed by atoms with E-state index in [0.29, 0.717) is 30.5 Å². The first-order valence-corrected chi connectivity index (χ1v) is 7.17. The second-order valence-electron chi connectivity index (χ2n) is 4.56. The molecule has 1 aliphatic rings. The predicted molar refractivity (Wildman–Crippen MR) is 62.2 cm³/mol. The van der Waals surface area contributed by atoms with Gasteiger partial charge < -0.3 is 10.9 Å². The molecule has 0 heterocycles. The number of oxime groups is 1. The quantitative estimate of drug-likeness (QED) is 0.290. The van der Waals surface area contributed by atoms with E-state index < -0.39 is 20.5 Å². The lowest BCUT2D eigenvalue weighted by molar-refractivity contribution is 0.315. The number of nitrogens with zero attached hydrogens (tertiary/aromatic N) is 1. The fraction of sp³-hybridized carbons (Fsp3) is 0.300. The van der Waals surface area contributed by atoms with E-state index in [-0.39, 0.29) is 5.84 Å². The predicted octanol–water partition coefficient (Wildman–Crippen LogP) is 4.12. The zero-order chi connectivity index (χ0) is 14.6. The van der Waals surface area contributed by atoms with E-state index in [1.165, 1.54) is 0 Å². The van der Waals surface area contributed by atoms with E-state index >= 15 is 0 Å². The van der Waals surface area contributed by atoms with Crippen LogP contribution in [-0.2, 0) is 5.41 Å². The molecule has 3 N–H and O–H groups in total. The van der Waals surface area contributed by atoms with Gasteiger partial charge in [-0.25, -0.2) is 0 Å². The van der Waals surface area contributed by atoms with Crippen molar-refractivity contribution in [2.24, 2.45) is 10.9 Å².